The molecule has 5 heteroatoms. The zero-order chi connectivity index (χ0) is 10.4. The summed E-state index contributed by atoms with van der Waals surface area (Å²) in [5, 5.41) is 8.56. The molecule has 0 saturated heterocycles. The predicted octanol–water partition coefficient (Wildman–Crippen LogP) is 0.714. The Morgan fingerprint density at radius 3 is 2.62 bits per heavy atom. The standard InChI is InChI=1S/C8H13NO4/c1-4-5-13-8(12)9(3)6(2)7(10)11/h4,6H,1,5H2,2-3H3,(H,10,11). The molecule has 0 aliphatic rings. The van der Waals surface area contributed by atoms with Crippen molar-refractivity contribution in [1.82, 2.24) is 4.90 Å². The van der Waals surface area contributed by atoms with E-state index in [1.807, 2.05) is 0 Å². The maximum atomic E-state index is 11.0. The second-order valence-electron chi connectivity index (χ2n) is 2.49. The lowest BCUT2D eigenvalue weighted by molar-refractivity contribution is -0.141. The molecule has 0 aliphatic carbocycles. The Morgan fingerprint density at radius 2 is 2.23 bits per heavy atom. The van der Waals surface area contributed by atoms with Crippen LogP contribution in [0.4, 0.5) is 4.79 Å². The van der Waals surface area contributed by atoms with E-state index in [-0.39, 0.29) is 6.61 Å². The Labute approximate surface area is 76.6 Å². The van der Waals surface area contributed by atoms with Crippen molar-refractivity contribution in [2.45, 2.75) is 13.0 Å². The number of hydrogen-bond acceptors (Lipinski definition) is 3. The third kappa shape index (κ3) is 3.59. The Bertz CT molecular complexity index is 214. The molecule has 74 valence electrons. The van der Waals surface area contributed by atoms with E-state index < -0.39 is 18.1 Å². The van der Waals surface area contributed by atoms with Crippen LogP contribution in [0.2, 0.25) is 0 Å². The van der Waals surface area contributed by atoms with Crippen molar-refractivity contribution in [3.8, 4) is 0 Å². The van der Waals surface area contributed by atoms with Gasteiger partial charge in [0.25, 0.3) is 0 Å². The van der Waals surface area contributed by atoms with Gasteiger partial charge in [0.05, 0.1) is 0 Å². The molecule has 0 aromatic carbocycles. The fourth-order valence-corrected chi connectivity index (χ4v) is 0.556. The van der Waals surface area contributed by atoms with E-state index in [9.17, 15) is 9.59 Å². The SMILES string of the molecule is C=CCOC(=O)N(C)C(C)C(=O)O. The third-order valence-corrected chi connectivity index (χ3v) is 1.55. The lowest BCUT2D eigenvalue weighted by atomic mass is 10.3. The minimum atomic E-state index is -1.07. The summed E-state index contributed by atoms with van der Waals surface area (Å²) < 4.78 is 4.63. The number of carbonyl (C=O) groups excluding carboxylic acids is 1. The molecule has 0 aliphatic heterocycles. The summed E-state index contributed by atoms with van der Waals surface area (Å²) in [6.45, 7) is 4.84. The first-order chi connectivity index (χ1) is 6.00. The molecule has 0 bridgehead atoms. The highest BCUT2D eigenvalue weighted by Crippen LogP contribution is 1.98. The van der Waals surface area contributed by atoms with Crippen molar-refractivity contribution in [3.05, 3.63) is 12.7 Å². The molecule has 0 heterocycles. The highest BCUT2D eigenvalue weighted by molar-refractivity contribution is 5.79. The second-order valence-corrected chi connectivity index (χ2v) is 2.49. The quantitative estimate of drug-likeness (QED) is 0.658. The number of likely N-dealkylation sites (N-methyl/N-ethyl adjacent to an activating group) is 1. The fourth-order valence-electron chi connectivity index (χ4n) is 0.556. The fraction of sp³-hybridized carbons (Fsp3) is 0.500. The van der Waals surface area contributed by atoms with Crippen molar-refractivity contribution in [2.24, 2.45) is 0 Å². The van der Waals surface area contributed by atoms with E-state index in [1.165, 1.54) is 20.0 Å². The van der Waals surface area contributed by atoms with E-state index >= 15 is 0 Å². The van der Waals surface area contributed by atoms with E-state index in [0.717, 1.165) is 4.90 Å². The minimum Gasteiger partial charge on any atom is -0.480 e. The molecule has 0 aromatic rings. The first-order valence-electron chi connectivity index (χ1n) is 3.74. The first kappa shape index (κ1) is 11.5. The van der Waals surface area contributed by atoms with Gasteiger partial charge in [0.15, 0.2) is 0 Å². The topological polar surface area (TPSA) is 66.8 Å². The van der Waals surface area contributed by atoms with Crippen molar-refractivity contribution >= 4 is 12.1 Å². The number of ether oxygens (including phenoxy) is 1. The van der Waals surface area contributed by atoms with Crippen LogP contribution in [0.15, 0.2) is 12.7 Å². The molecule has 1 amide bonds. The van der Waals surface area contributed by atoms with Crippen molar-refractivity contribution < 1.29 is 19.4 Å². The number of carboxylic acids is 1. The normalized spacial score (nSPS) is 11.5. The number of carboxylic acid groups (broad SMARTS) is 1. The van der Waals surface area contributed by atoms with Crippen LogP contribution in [0.1, 0.15) is 6.92 Å². The molecule has 0 rings (SSSR count). The highest BCUT2D eigenvalue weighted by Gasteiger charge is 2.22. The molecule has 1 N–H and O–H groups in total. The molecule has 5 nitrogen and oxygen atoms in total. The van der Waals surface area contributed by atoms with Gasteiger partial charge >= 0.3 is 12.1 Å². The predicted molar refractivity (Wildman–Crippen MR) is 46.4 cm³/mol. The molecule has 0 spiro atoms. The van der Waals surface area contributed by atoms with Gasteiger partial charge in [-0.2, -0.15) is 0 Å². The zero-order valence-corrected chi connectivity index (χ0v) is 7.69. The zero-order valence-electron chi connectivity index (χ0n) is 7.69. The van der Waals surface area contributed by atoms with Gasteiger partial charge in [0, 0.05) is 7.05 Å². The lowest BCUT2D eigenvalue weighted by Gasteiger charge is -2.20. The number of amides is 1. The summed E-state index contributed by atoms with van der Waals surface area (Å²) in [7, 11) is 1.37. The Hall–Kier alpha value is -1.52. The molecular formula is C8H13NO4. The van der Waals surface area contributed by atoms with Crippen LogP contribution in [0.3, 0.4) is 0 Å². The lowest BCUT2D eigenvalue weighted by Crippen LogP contribution is -2.40. The van der Waals surface area contributed by atoms with Crippen molar-refractivity contribution in [3.63, 3.8) is 0 Å². The summed E-state index contributed by atoms with van der Waals surface area (Å²) >= 11 is 0. The number of nitrogens with zero attached hydrogens (tertiary/aromatic N) is 1. The van der Waals surface area contributed by atoms with E-state index in [1.54, 1.807) is 0 Å². The molecule has 0 aromatic heterocycles. The number of carbonyl (C=O) groups is 2. The Morgan fingerprint density at radius 1 is 1.69 bits per heavy atom. The summed E-state index contributed by atoms with van der Waals surface area (Å²) in [4.78, 5) is 22.5. The average molecular weight is 187 g/mol. The summed E-state index contributed by atoms with van der Waals surface area (Å²) in [6, 6.07) is -0.891. The molecule has 1 atom stereocenters. The van der Waals surface area contributed by atoms with Gasteiger partial charge in [0.1, 0.15) is 12.6 Å². The highest BCUT2D eigenvalue weighted by atomic mass is 16.6. The van der Waals surface area contributed by atoms with E-state index in [2.05, 4.69) is 11.3 Å². The van der Waals surface area contributed by atoms with Crippen LogP contribution in [0.5, 0.6) is 0 Å². The van der Waals surface area contributed by atoms with E-state index in [4.69, 9.17) is 5.11 Å². The summed E-state index contributed by atoms with van der Waals surface area (Å²) in [5.74, 6) is -1.07. The first-order valence-corrected chi connectivity index (χ1v) is 3.74. The van der Waals surface area contributed by atoms with E-state index in [0.29, 0.717) is 0 Å². The van der Waals surface area contributed by atoms with Gasteiger partial charge in [-0.15, -0.1) is 0 Å². The van der Waals surface area contributed by atoms with Crippen LogP contribution in [-0.2, 0) is 9.53 Å². The van der Waals surface area contributed by atoms with Gasteiger partial charge in [0.2, 0.25) is 0 Å². The van der Waals surface area contributed by atoms with Gasteiger partial charge < -0.3 is 9.84 Å². The Balaban J connectivity index is 4.08. The largest absolute Gasteiger partial charge is 0.480 e. The summed E-state index contributed by atoms with van der Waals surface area (Å²) in [5.41, 5.74) is 0. The van der Waals surface area contributed by atoms with Crippen LogP contribution in [0.25, 0.3) is 0 Å². The average Bonchev–Trinajstić information content (AvgIpc) is 2.11. The van der Waals surface area contributed by atoms with Crippen molar-refractivity contribution in [2.75, 3.05) is 13.7 Å². The van der Waals surface area contributed by atoms with Crippen LogP contribution in [0, 0.1) is 0 Å². The van der Waals surface area contributed by atoms with Gasteiger partial charge in [-0.1, -0.05) is 12.7 Å². The molecule has 0 radical (unpaired) electrons. The molecule has 0 fully saturated rings. The third-order valence-electron chi connectivity index (χ3n) is 1.55. The molecule has 0 saturated carbocycles. The second kappa shape index (κ2) is 5.18. The monoisotopic (exact) mass is 187 g/mol. The van der Waals surface area contributed by atoms with Crippen LogP contribution >= 0.6 is 0 Å². The molecular weight excluding hydrogens is 174 g/mol. The minimum absolute atomic E-state index is 0.0789. The van der Waals surface area contributed by atoms with Crippen LogP contribution in [-0.4, -0.2) is 41.8 Å². The number of hydrogen-bond donors (Lipinski definition) is 1. The van der Waals surface area contributed by atoms with Gasteiger partial charge in [-0.3, -0.25) is 4.90 Å². The summed E-state index contributed by atoms with van der Waals surface area (Å²) in [6.07, 6.45) is 0.742. The molecule has 13 heavy (non-hydrogen) atoms. The van der Waals surface area contributed by atoms with Crippen LogP contribution < -0.4 is 0 Å². The maximum Gasteiger partial charge on any atom is 0.410 e. The van der Waals surface area contributed by atoms with Gasteiger partial charge in [-0.05, 0) is 6.92 Å². The maximum absolute atomic E-state index is 11.0. The molecule has 1 unspecified atom stereocenters. The van der Waals surface area contributed by atoms with Gasteiger partial charge in [-0.25, -0.2) is 9.59 Å². The number of aliphatic carboxylic acids is 1. The van der Waals surface area contributed by atoms with Crippen molar-refractivity contribution in [1.29, 1.82) is 0 Å². The number of rotatable bonds is 4. The smallest absolute Gasteiger partial charge is 0.410 e. The Kier molecular flexibility index (Phi) is 4.58.